The molecule has 0 aliphatic heterocycles. The lowest BCUT2D eigenvalue weighted by Gasteiger charge is -2.10. The summed E-state index contributed by atoms with van der Waals surface area (Å²) in [4.78, 5) is 0. The van der Waals surface area contributed by atoms with Crippen molar-refractivity contribution in [2.75, 3.05) is 0 Å². The molecule has 0 spiro atoms. The van der Waals surface area contributed by atoms with Gasteiger partial charge < -0.3 is 12.4 Å². The molecule has 5 rings (SSSR count). The molecule has 0 saturated carbocycles. The molecule has 0 saturated heterocycles. The zero-order valence-corrected chi connectivity index (χ0v) is 17.3. The van der Waals surface area contributed by atoms with Gasteiger partial charge in [-0.15, -0.1) is 0 Å². The van der Waals surface area contributed by atoms with Crippen LogP contribution < -0.4 is 17.0 Å². The molecule has 1 heterocycles. The molecular formula is C27H22ClN. The zero-order chi connectivity index (χ0) is 19.1. The van der Waals surface area contributed by atoms with Crippen LogP contribution in [0.4, 0.5) is 0 Å². The Kier molecular flexibility index (Phi) is 5.08. The van der Waals surface area contributed by atoms with Gasteiger partial charge in [-0.25, -0.2) is 4.57 Å². The van der Waals surface area contributed by atoms with Crippen LogP contribution in [0.1, 0.15) is 5.56 Å². The molecule has 0 unspecified atom stereocenters. The van der Waals surface area contributed by atoms with Gasteiger partial charge in [-0.05, 0) is 47.4 Å². The first-order chi connectivity index (χ1) is 13.7. The van der Waals surface area contributed by atoms with Gasteiger partial charge in [-0.1, -0.05) is 72.8 Å². The van der Waals surface area contributed by atoms with Crippen LogP contribution in [0.25, 0.3) is 43.9 Å². The summed E-state index contributed by atoms with van der Waals surface area (Å²) in [6, 6.07) is 32.7. The molecule has 5 aromatic rings. The molecule has 0 radical (unpaired) electrons. The number of fused-ring (bicyclic) bond motifs is 3. The molecule has 0 bridgehead atoms. The third-order valence-corrected chi connectivity index (χ3v) is 5.56. The summed E-state index contributed by atoms with van der Waals surface area (Å²) in [5.41, 5.74) is 7.61. The van der Waals surface area contributed by atoms with Crippen LogP contribution in [0.2, 0.25) is 0 Å². The van der Waals surface area contributed by atoms with Crippen LogP contribution in [0.15, 0.2) is 97.2 Å². The van der Waals surface area contributed by atoms with Crippen molar-refractivity contribution < 1.29 is 17.0 Å². The normalized spacial score (nSPS) is 10.8. The van der Waals surface area contributed by atoms with E-state index in [1.54, 1.807) is 0 Å². The first kappa shape index (κ1) is 19.2. The monoisotopic (exact) mass is 395 g/mol. The molecule has 4 aromatic carbocycles. The van der Waals surface area contributed by atoms with Crippen LogP contribution in [0.5, 0.6) is 0 Å². The Labute approximate surface area is 177 Å². The van der Waals surface area contributed by atoms with E-state index in [9.17, 15) is 0 Å². The Bertz CT molecular complexity index is 1310. The molecular weight excluding hydrogens is 374 g/mol. The minimum Gasteiger partial charge on any atom is -1.00 e. The maximum Gasteiger partial charge on any atom is 0.215 e. The molecule has 1 aromatic heterocycles. The lowest BCUT2D eigenvalue weighted by atomic mass is 9.95. The second-order valence-corrected chi connectivity index (χ2v) is 7.46. The molecule has 142 valence electrons. The van der Waals surface area contributed by atoms with Crippen molar-refractivity contribution in [2.24, 2.45) is 7.05 Å². The highest BCUT2D eigenvalue weighted by molar-refractivity contribution is 6.06. The summed E-state index contributed by atoms with van der Waals surface area (Å²) in [6.45, 7) is 2.21. The van der Waals surface area contributed by atoms with Crippen LogP contribution in [-0.2, 0) is 7.05 Å². The maximum atomic E-state index is 2.34. The minimum absolute atomic E-state index is 0. The van der Waals surface area contributed by atoms with Gasteiger partial charge in [0.2, 0.25) is 5.52 Å². The van der Waals surface area contributed by atoms with E-state index in [0.29, 0.717) is 0 Å². The van der Waals surface area contributed by atoms with Crippen molar-refractivity contribution in [3.8, 4) is 22.3 Å². The molecule has 0 aliphatic rings. The number of rotatable bonds is 2. The third kappa shape index (κ3) is 3.39. The van der Waals surface area contributed by atoms with Gasteiger partial charge >= 0.3 is 0 Å². The van der Waals surface area contributed by atoms with Crippen molar-refractivity contribution in [1.29, 1.82) is 0 Å². The van der Waals surface area contributed by atoms with Gasteiger partial charge in [0.25, 0.3) is 0 Å². The maximum absolute atomic E-state index is 2.34. The quantitative estimate of drug-likeness (QED) is 0.318. The van der Waals surface area contributed by atoms with Crippen molar-refractivity contribution in [3.63, 3.8) is 0 Å². The van der Waals surface area contributed by atoms with Crippen LogP contribution >= 0.6 is 0 Å². The Morgan fingerprint density at radius 1 is 0.586 bits per heavy atom. The van der Waals surface area contributed by atoms with E-state index in [0.717, 1.165) is 0 Å². The van der Waals surface area contributed by atoms with Gasteiger partial charge in [0.1, 0.15) is 7.05 Å². The van der Waals surface area contributed by atoms with Crippen LogP contribution in [-0.4, -0.2) is 0 Å². The van der Waals surface area contributed by atoms with Gasteiger partial charge in [0.15, 0.2) is 6.20 Å². The molecule has 0 fully saturated rings. The van der Waals surface area contributed by atoms with E-state index in [1.165, 1.54) is 49.5 Å². The molecule has 0 aliphatic carbocycles. The molecule has 1 nitrogen and oxygen atoms in total. The number of nitrogens with zero attached hydrogens (tertiary/aromatic N) is 1. The fourth-order valence-electron chi connectivity index (χ4n) is 4.23. The predicted octanol–water partition coefficient (Wildman–Crippen LogP) is 3.46. The largest absolute Gasteiger partial charge is 1.00 e. The summed E-state index contributed by atoms with van der Waals surface area (Å²) in [6.07, 6.45) is 2.22. The summed E-state index contributed by atoms with van der Waals surface area (Å²) < 4.78 is 2.25. The van der Waals surface area contributed by atoms with E-state index in [1.807, 2.05) is 0 Å². The van der Waals surface area contributed by atoms with Crippen molar-refractivity contribution in [2.45, 2.75) is 6.92 Å². The first-order valence-corrected chi connectivity index (χ1v) is 9.68. The van der Waals surface area contributed by atoms with Crippen LogP contribution in [0.3, 0.4) is 0 Å². The van der Waals surface area contributed by atoms with Gasteiger partial charge in [0.05, 0.1) is 5.39 Å². The van der Waals surface area contributed by atoms with Crippen molar-refractivity contribution in [3.05, 3.63) is 103 Å². The number of hydrogen-bond donors (Lipinski definition) is 0. The summed E-state index contributed by atoms with van der Waals surface area (Å²) in [7, 11) is 2.14. The zero-order valence-electron chi connectivity index (χ0n) is 16.6. The molecule has 2 heteroatoms. The number of aryl methyl sites for hydroxylation is 2. The number of hydrogen-bond acceptors (Lipinski definition) is 0. The number of halogens is 1. The van der Waals surface area contributed by atoms with Gasteiger partial charge in [-0.3, -0.25) is 0 Å². The average Bonchev–Trinajstić information content (AvgIpc) is 2.74. The fourth-order valence-corrected chi connectivity index (χ4v) is 4.23. The second kappa shape index (κ2) is 7.69. The highest BCUT2D eigenvalue weighted by Crippen LogP contribution is 2.31. The number of pyridine rings is 1. The highest BCUT2D eigenvalue weighted by atomic mass is 35.5. The van der Waals surface area contributed by atoms with E-state index < -0.39 is 0 Å². The number of benzene rings is 4. The van der Waals surface area contributed by atoms with E-state index in [-0.39, 0.29) is 12.4 Å². The smallest absolute Gasteiger partial charge is 0.215 e. The molecule has 0 atom stereocenters. The van der Waals surface area contributed by atoms with Crippen LogP contribution in [0, 0.1) is 6.92 Å². The Morgan fingerprint density at radius 2 is 1.17 bits per heavy atom. The lowest BCUT2D eigenvalue weighted by Crippen LogP contribution is -3.00. The Hall–Kier alpha value is -3.16. The van der Waals surface area contributed by atoms with E-state index in [4.69, 9.17) is 0 Å². The molecule has 0 amide bonds. The average molecular weight is 396 g/mol. The summed E-state index contributed by atoms with van der Waals surface area (Å²) >= 11 is 0. The summed E-state index contributed by atoms with van der Waals surface area (Å²) in [5.74, 6) is 0. The topological polar surface area (TPSA) is 3.88 Å². The van der Waals surface area contributed by atoms with Gasteiger partial charge in [-0.2, -0.15) is 0 Å². The predicted molar refractivity (Wildman–Crippen MR) is 118 cm³/mol. The Balaban J connectivity index is 0.00000205. The molecule has 29 heavy (non-hydrogen) atoms. The SMILES string of the molecule is Cc1cc(-c2ccc(-c3ccccc3)cc2)cc2c3ccccc3c[n+](C)c12.[Cl-]. The standard InChI is InChI=1S/C27H22N.ClH/c1-19-16-24(22-14-12-21(13-15-22)20-8-4-3-5-9-20)17-26-25-11-7-6-10-23(25)18-28(2)27(19)26;/h3-18H,1-2H3;1H/q+1;/p-1. The first-order valence-electron chi connectivity index (χ1n) is 9.68. The van der Waals surface area contributed by atoms with E-state index >= 15 is 0 Å². The Morgan fingerprint density at radius 3 is 1.90 bits per heavy atom. The summed E-state index contributed by atoms with van der Waals surface area (Å²) in [5, 5.41) is 3.89. The second-order valence-electron chi connectivity index (χ2n) is 7.46. The minimum atomic E-state index is 0. The number of aromatic nitrogens is 1. The van der Waals surface area contributed by atoms with E-state index in [2.05, 4.69) is 116 Å². The van der Waals surface area contributed by atoms with Gasteiger partial charge in [0, 0.05) is 16.3 Å². The lowest BCUT2D eigenvalue weighted by molar-refractivity contribution is -0.643. The fraction of sp³-hybridized carbons (Fsp3) is 0.0741. The molecule has 0 N–H and O–H groups in total. The van der Waals surface area contributed by atoms with Crippen molar-refractivity contribution >= 4 is 21.7 Å². The highest BCUT2D eigenvalue weighted by Gasteiger charge is 2.15. The van der Waals surface area contributed by atoms with Crippen molar-refractivity contribution in [1.82, 2.24) is 0 Å². The third-order valence-electron chi connectivity index (χ3n) is 5.56.